The van der Waals surface area contributed by atoms with Crippen molar-refractivity contribution in [2.24, 2.45) is 0 Å². The molecule has 0 aliphatic carbocycles. The normalized spacial score (nSPS) is 15.5. The summed E-state index contributed by atoms with van der Waals surface area (Å²) in [5.74, 6) is -0.206. The van der Waals surface area contributed by atoms with Crippen molar-refractivity contribution in [3.05, 3.63) is 45.4 Å². The van der Waals surface area contributed by atoms with Gasteiger partial charge < -0.3 is 15.0 Å². The first-order chi connectivity index (χ1) is 12.5. The van der Waals surface area contributed by atoms with Crippen LogP contribution in [0.4, 0.5) is 10.2 Å². The molecule has 2 N–H and O–H groups in total. The largest absolute Gasteiger partial charge is 0.317 e. The average Bonchev–Trinajstić information content (AvgIpc) is 3.19. The average molecular weight is 373 g/mol. The molecule has 1 amide bonds. The molecule has 0 atom stereocenters. The Morgan fingerprint density at radius 2 is 2.08 bits per heavy atom. The molecular formula is C18H20FN5OS. The summed E-state index contributed by atoms with van der Waals surface area (Å²) >= 11 is 1.24. The van der Waals surface area contributed by atoms with Crippen molar-refractivity contribution in [3.8, 4) is 0 Å². The van der Waals surface area contributed by atoms with Crippen LogP contribution in [-0.4, -0.2) is 33.4 Å². The molecule has 26 heavy (non-hydrogen) atoms. The Morgan fingerprint density at radius 3 is 2.85 bits per heavy atom. The van der Waals surface area contributed by atoms with E-state index in [9.17, 15) is 9.18 Å². The number of piperidine rings is 1. The van der Waals surface area contributed by atoms with Crippen LogP contribution < -0.4 is 10.6 Å². The Kier molecular flexibility index (Phi) is 4.46. The van der Waals surface area contributed by atoms with Gasteiger partial charge in [0.2, 0.25) is 0 Å². The lowest BCUT2D eigenvalue weighted by atomic mass is 9.96. The van der Waals surface area contributed by atoms with Crippen LogP contribution in [0.1, 0.15) is 44.7 Å². The molecule has 3 aromatic heterocycles. The van der Waals surface area contributed by atoms with Crippen molar-refractivity contribution in [1.82, 2.24) is 19.7 Å². The van der Waals surface area contributed by atoms with E-state index >= 15 is 0 Å². The van der Waals surface area contributed by atoms with E-state index < -0.39 is 11.7 Å². The zero-order chi connectivity index (χ0) is 18.3. The summed E-state index contributed by atoms with van der Waals surface area (Å²) in [5, 5.41) is 6.01. The lowest BCUT2D eigenvalue weighted by molar-refractivity contribution is 0.102. The maximum absolute atomic E-state index is 14.3. The Morgan fingerprint density at radius 1 is 1.31 bits per heavy atom. The zero-order valence-electron chi connectivity index (χ0n) is 14.7. The van der Waals surface area contributed by atoms with Crippen LogP contribution in [0.25, 0.3) is 5.65 Å². The number of amides is 1. The predicted octanol–water partition coefficient (Wildman–Crippen LogP) is 3.27. The molecule has 0 radical (unpaired) electrons. The molecule has 136 valence electrons. The van der Waals surface area contributed by atoms with Crippen LogP contribution in [0, 0.1) is 19.7 Å². The third kappa shape index (κ3) is 3.22. The Bertz CT molecular complexity index is 974. The van der Waals surface area contributed by atoms with E-state index in [1.54, 1.807) is 6.20 Å². The topological polar surface area (TPSA) is 71.3 Å². The quantitative estimate of drug-likeness (QED) is 0.739. The number of halogens is 1. The molecule has 0 unspecified atom stereocenters. The van der Waals surface area contributed by atoms with Crippen LogP contribution >= 0.6 is 11.3 Å². The molecule has 1 fully saturated rings. The number of nitrogens with zero attached hydrogens (tertiary/aromatic N) is 3. The van der Waals surface area contributed by atoms with Gasteiger partial charge in [-0.25, -0.2) is 9.37 Å². The number of imidazole rings is 1. The third-order valence-corrected chi connectivity index (χ3v) is 5.89. The van der Waals surface area contributed by atoms with E-state index in [4.69, 9.17) is 0 Å². The lowest BCUT2D eigenvalue weighted by Crippen LogP contribution is -2.26. The van der Waals surface area contributed by atoms with E-state index in [0.29, 0.717) is 17.4 Å². The highest BCUT2D eigenvalue weighted by molar-refractivity contribution is 7.14. The molecule has 6 nitrogen and oxygen atoms in total. The third-order valence-electron chi connectivity index (χ3n) is 4.62. The van der Waals surface area contributed by atoms with Crippen LogP contribution in [0.3, 0.4) is 0 Å². The summed E-state index contributed by atoms with van der Waals surface area (Å²) in [6.07, 6.45) is 5.50. The summed E-state index contributed by atoms with van der Waals surface area (Å²) in [6, 6.07) is 1.51. The van der Waals surface area contributed by atoms with E-state index in [2.05, 4.69) is 20.6 Å². The number of aromatic nitrogens is 3. The van der Waals surface area contributed by atoms with Gasteiger partial charge in [-0.2, -0.15) is 0 Å². The number of fused-ring (bicyclic) bond motifs is 1. The van der Waals surface area contributed by atoms with Gasteiger partial charge in [0, 0.05) is 11.1 Å². The highest BCUT2D eigenvalue weighted by Gasteiger charge is 2.23. The second-order valence-corrected chi connectivity index (χ2v) is 7.71. The van der Waals surface area contributed by atoms with Gasteiger partial charge in [0.05, 0.1) is 17.6 Å². The van der Waals surface area contributed by atoms with Crippen LogP contribution in [0.2, 0.25) is 0 Å². The van der Waals surface area contributed by atoms with E-state index in [1.807, 2.05) is 24.4 Å². The first-order valence-electron chi connectivity index (χ1n) is 8.65. The van der Waals surface area contributed by atoms with Crippen molar-refractivity contribution in [2.45, 2.75) is 32.6 Å². The molecule has 0 bridgehead atoms. The van der Waals surface area contributed by atoms with E-state index in [1.165, 1.54) is 17.4 Å². The van der Waals surface area contributed by atoms with E-state index in [0.717, 1.165) is 42.2 Å². The van der Waals surface area contributed by atoms with Gasteiger partial charge in [-0.1, -0.05) is 0 Å². The molecule has 1 saturated heterocycles. The Balaban J connectivity index is 1.56. The maximum atomic E-state index is 14.3. The summed E-state index contributed by atoms with van der Waals surface area (Å²) < 4.78 is 16.2. The van der Waals surface area contributed by atoms with Gasteiger partial charge in [-0.3, -0.25) is 9.78 Å². The van der Waals surface area contributed by atoms with Crippen LogP contribution in [-0.2, 0) is 0 Å². The molecule has 0 spiro atoms. The molecular weight excluding hydrogens is 353 g/mol. The number of hydrogen-bond donors (Lipinski definition) is 2. The van der Waals surface area contributed by atoms with Gasteiger partial charge in [0.1, 0.15) is 10.7 Å². The summed E-state index contributed by atoms with van der Waals surface area (Å²) in [4.78, 5) is 22.3. The number of rotatable bonds is 3. The summed E-state index contributed by atoms with van der Waals surface area (Å²) in [6.45, 7) is 5.62. The van der Waals surface area contributed by atoms with E-state index in [-0.39, 0.29) is 4.88 Å². The number of hydrogen-bond acceptors (Lipinski definition) is 5. The van der Waals surface area contributed by atoms with Crippen LogP contribution in [0.15, 0.2) is 18.5 Å². The van der Waals surface area contributed by atoms with Crippen molar-refractivity contribution >= 4 is 28.7 Å². The fraction of sp³-hybridized carbons (Fsp3) is 0.389. The first-order valence-corrected chi connectivity index (χ1v) is 9.47. The SMILES string of the molecule is Cc1cn2cc(NC(=O)c3sc(C4CCNCC4)cc3F)nc2c(C)n1. The number of carbonyl (C=O) groups excluding carboxylic acids is 1. The molecule has 4 rings (SSSR count). The number of nitrogens with one attached hydrogen (secondary N) is 2. The van der Waals surface area contributed by atoms with Gasteiger partial charge in [0.25, 0.3) is 5.91 Å². The number of aryl methyl sites for hydroxylation is 2. The van der Waals surface area contributed by atoms with Crippen molar-refractivity contribution in [1.29, 1.82) is 0 Å². The molecule has 0 saturated carbocycles. The number of thiophene rings is 1. The van der Waals surface area contributed by atoms with Crippen LogP contribution in [0.5, 0.6) is 0 Å². The summed E-state index contributed by atoms with van der Waals surface area (Å²) in [5.41, 5.74) is 2.31. The number of anilines is 1. The second-order valence-electron chi connectivity index (χ2n) is 6.63. The maximum Gasteiger partial charge on any atom is 0.269 e. The minimum atomic E-state index is -0.460. The molecule has 3 aromatic rings. The standard InChI is InChI=1S/C18H20FN5OS/c1-10-8-24-9-15(22-17(24)11(2)21-10)23-18(25)16-13(19)7-14(26-16)12-3-5-20-6-4-12/h7-9,12,20H,3-6H2,1-2H3,(H,23,25). The fourth-order valence-electron chi connectivity index (χ4n) is 3.39. The highest BCUT2D eigenvalue weighted by atomic mass is 32.1. The Labute approximate surface area is 154 Å². The predicted molar refractivity (Wildman–Crippen MR) is 99.5 cm³/mol. The smallest absolute Gasteiger partial charge is 0.269 e. The van der Waals surface area contributed by atoms with Gasteiger partial charge in [0.15, 0.2) is 11.5 Å². The van der Waals surface area contributed by atoms with Gasteiger partial charge >= 0.3 is 0 Å². The van der Waals surface area contributed by atoms with Gasteiger partial charge in [-0.15, -0.1) is 11.3 Å². The zero-order valence-corrected chi connectivity index (χ0v) is 15.5. The Hall–Kier alpha value is -2.32. The molecule has 4 heterocycles. The minimum Gasteiger partial charge on any atom is -0.317 e. The number of carbonyl (C=O) groups is 1. The molecule has 1 aliphatic heterocycles. The van der Waals surface area contributed by atoms with Crippen molar-refractivity contribution < 1.29 is 9.18 Å². The fourth-order valence-corrected chi connectivity index (χ4v) is 4.49. The molecule has 1 aliphatic rings. The van der Waals surface area contributed by atoms with Crippen molar-refractivity contribution in [3.63, 3.8) is 0 Å². The van der Waals surface area contributed by atoms with Gasteiger partial charge in [-0.05, 0) is 51.8 Å². The lowest BCUT2D eigenvalue weighted by Gasteiger charge is -2.21. The highest BCUT2D eigenvalue weighted by Crippen LogP contribution is 2.33. The minimum absolute atomic E-state index is 0.113. The molecule has 8 heteroatoms. The van der Waals surface area contributed by atoms with Crippen molar-refractivity contribution in [2.75, 3.05) is 18.4 Å². The summed E-state index contributed by atoms with van der Waals surface area (Å²) in [7, 11) is 0. The second kappa shape index (κ2) is 6.77. The monoisotopic (exact) mass is 373 g/mol. The first kappa shape index (κ1) is 17.1. The molecule has 0 aromatic carbocycles.